The standard InChI is InChI=1S/C16H18F3N3/c17-16(18,19)14-2-1-12(7-11-3-5-20-6-4-11)15(8-14)13-9-21-22-10-13/h1-2,8-11,20H,3-7H2,(H,21,22). The van der Waals surface area contributed by atoms with E-state index in [1.54, 1.807) is 18.5 Å². The average molecular weight is 309 g/mol. The van der Waals surface area contributed by atoms with Gasteiger partial charge < -0.3 is 5.32 Å². The fraction of sp³-hybridized carbons (Fsp3) is 0.438. The molecule has 2 aromatic rings. The number of benzene rings is 1. The lowest BCUT2D eigenvalue weighted by Crippen LogP contribution is -2.28. The van der Waals surface area contributed by atoms with Crippen molar-refractivity contribution in [2.45, 2.75) is 25.4 Å². The Hall–Kier alpha value is -1.82. The minimum Gasteiger partial charge on any atom is -0.317 e. The van der Waals surface area contributed by atoms with Crippen LogP contribution >= 0.6 is 0 Å². The Morgan fingerprint density at radius 1 is 1.18 bits per heavy atom. The minimum absolute atomic E-state index is 0.517. The maximum Gasteiger partial charge on any atom is 0.416 e. The number of aromatic amines is 1. The Morgan fingerprint density at radius 3 is 2.59 bits per heavy atom. The van der Waals surface area contributed by atoms with Gasteiger partial charge in [-0.1, -0.05) is 6.07 Å². The topological polar surface area (TPSA) is 40.7 Å². The Bertz CT molecular complexity index is 614. The highest BCUT2D eigenvalue weighted by molar-refractivity contribution is 5.67. The van der Waals surface area contributed by atoms with Gasteiger partial charge in [-0.2, -0.15) is 18.3 Å². The molecular weight excluding hydrogens is 291 g/mol. The number of hydrogen-bond acceptors (Lipinski definition) is 2. The molecule has 0 spiro atoms. The summed E-state index contributed by atoms with van der Waals surface area (Å²) in [6.07, 6.45) is 1.81. The third kappa shape index (κ3) is 3.32. The molecule has 0 aliphatic carbocycles. The largest absolute Gasteiger partial charge is 0.416 e. The number of nitrogens with zero attached hydrogens (tertiary/aromatic N) is 1. The third-order valence-electron chi connectivity index (χ3n) is 4.21. The van der Waals surface area contributed by atoms with E-state index >= 15 is 0 Å². The summed E-state index contributed by atoms with van der Waals surface area (Å²) < 4.78 is 38.9. The van der Waals surface area contributed by atoms with E-state index in [1.165, 1.54) is 12.1 Å². The second-order valence-corrected chi connectivity index (χ2v) is 5.75. The van der Waals surface area contributed by atoms with E-state index in [1.807, 2.05) is 0 Å². The fourth-order valence-electron chi connectivity index (χ4n) is 2.99. The van der Waals surface area contributed by atoms with Crippen molar-refractivity contribution in [3.05, 3.63) is 41.7 Å². The number of H-pyrrole nitrogens is 1. The van der Waals surface area contributed by atoms with Crippen molar-refractivity contribution < 1.29 is 13.2 Å². The second kappa shape index (κ2) is 6.12. The second-order valence-electron chi connectivity index (χ2n) is 5.75. The van der Waals surface area contributed by atoms with Crippen LogP contribution < -0.4 is 5.32 Å². The number of aromatic nitrogens is 2. The van der Waals surface area contributed by atoms with Gasteiger partial charge in [-0.05, 0) is 61.5 Å². The highest BCUT2D eigenvalue weighted by atomic mass is 19.4. The van der Waals surface area contributed by atoms with Crippen molar-refractivity contribution >= 4 is 0 Å². The normalized spacial score (nSPS) is 16.9. The van der Waals surface area contributed by atoms with Crippen LogP contribution in [0.1, 0.15) is 24.0 Å². The Kier molecular flexibility index (Phi) is 4.20. The highest BCUT2D eigenvalue weighted by Crippen LogP contribution is 2.35. The SMILES string of the molecule is FC(F)(F)c1ccc(CC2CCNCC2)c(-c2cn[nH]c2)c1. The van der Waals surface area contributed by atoms with Crippen LogP contribution in [0.15, 0.2) is 30.6 Å². The van der Waals surface area contributed by atoms with Gasteiger partial charge in [0.1, 0.15) is 0 Å². The van der Waals surface area contributed by atoms with Crippen molar-refractivity contribution in [1.29, 1.82) is 0 Å². The van der Waals surface area contributed by atoms with Gasteiger partial charge in [0, 0.05) is 11.8 Å². The van der Waals surface area contributed by atoms with Gasteiger partial charge in [-0.25, -0.2) is 0 Å². The average Bonchev–Trinajstić information content (AvgIpc) is 3.01. The zero-order valence-electron chi connectivity index (χ0n) is 12.1. The molecule has 1 aliphatic heterocycles. The van der Waals surface area contributed by atoms with Gasteiger partial charge in [-0.15, -0.1) is 0 Å². The van der Waals surface area contributed by atoms with Crippen molar-refractivity contribution in [1.82, 2.24) is 15.5 Å². The molecule has 1 aliphatic rings. The van der Waals surface area contributed by atoms with Crippen LogP contribution in [-0.2, 0) is 12.6 Å². The molecule has 1 fully saturated rings. The Morgan fingerprint density at radius 2 is 1.95 bits per heavy atom. The van der Waals surface area contributed by atoms with Crippen molar-refractivity contribution in [2.75, 3.05) is 13.1 Å². The lowest BCUT2D eigenvalue weighted by atomic mass is 9.87. The number of rotatable bonds is 3. The van der Waals surface area contributed by atoms with Crippen LogP contribution in [-0.4, -0.2) is 23.3 Å². The first kappa shape index (κ1) is 15.1. The molecule has 0 atom stereocenters. The molecule has 0 amide bonds. The van der Waals surface area contributed by atoms with E-state index < -0.39 is 11.7 Å². The molecular formula is C16H18F3N3. The highest BCUT2D eigenvalue weighted by Gasteiger charge is 2.31. The third-order valence-corrected chi connectivity index (χ3v) is 4.21. The molecule has 1 aromatic carbocycles. The monoisotopic (exact) mass is 309 g/mol. The van der Waals surface area contributed by atoms with Crippen LogP contribution in [0.25, 0.3) is 11.1 Å². The Labute approximate surface area is 126 Å². The van der Waals surface area contributed by atoms with Gasteiger partial charge in [0.25, 0.3) is 0 Å². The molecule has 22 heavy (non-hydrogen) atoms. The van der Waals surface area contributed by atoms with Crippen LogP contribution in [0.3, 0.4) is 0 Å². The van der Waals surface area contributed by atoms with Gasteiger partial charge in [0.05, 0.1) is 11.8 Å². The first-order valence-electron chi connectivity index (χ1n) is 7.44. The molecule has 0 saturated carbocycles. The summed E-state index contributed by atoms with van der Waals surface area (Å²) in [4.78, 5) is 0. The summed E-state index contributed by atoms with van der Waals surface area (Å²) in [7, 11) is 0. The van der Waals surface area contributed by atoms with E-state index in [0.29, 0.717) is 17.0 Å². The van der Waals surface area contributed by atoms with Gasteiger partial charge in [0.2, 0.25) is 0 Å². The number of hydrogen-bond donors (Lipinski definition) is 2. The summed E-state index contributed by atoms with van der Waals surface area (Å²) in [5.41, 5.74) is 1.68. The molecule has 3 rings (SSSR count). The smallest absolute Gasteiger partial charge is 0.317 e. The van der Waals surface area contributed by atoms with E-state index in [0.717, 1.165) is 37.9 Å². The van der Waals surface area contributed by atoms with Crippen LogP contribution in [0.5, 0.6) is 0 Å². The maximum atomic E-state index is 13.0. The van der Waals surface area contributed by atoms with Gasteiger partial charge in [-0.3, -0.25) is 5.10 Å². The minimum atomic E-state index is -4.33. The van der Waals surface area contributed by atoms with Crippen molar-refractivity contribution in [3.8, 4) is 11.1 Å². The molecule has 0 bridgehead atoms. The van der Waals surface area contributed by atoms with Crippen LogP contribution in [0.4, 0.5) is 13.2 Å². The maximum absolute atomic E-state index is 13.0. The molecule has 118 valence electrons. The number of halogens is 3. The lowest BCUT2D eigenvalue weighted by Gasteiger charge is -2.24. The van der Waals surface area contributed by atoms with Gasteiger partial charge >= 0.3 is 6.18 Å². The molecule has 3 nitrogen and oxygen atoms in total. The predicted octanol–water partition coefficient (Wildman–Crippen LogP) is 3.64. The first-order chi connectivity index (χ1) is 10.5. The zero-order valence-corrected chi connectivity index (χ0v) is 12.1. The summed E-state index contributed by atoms with van der Waals surface area (Å²) in [5, 5.41) is 9.85. The molecule has 6 heteroatoms. The summed E-state index contributed by atoms with van der Waals surface area (Å²) in [6, 6.07) is 4.04. The lowest BCUT2D eigenvalue weighted by molar-refractivity contribution is -0.137. The van der Waals surface area contributed by atoms with Crippen molar-refractivity contribution in [2.24, 2.45) is 5.92 Å². The number of nitrogens with one attached hydrogen (secondary N) is 2. The molecule has 2 N–H and O–H groups in total. The molecule has 0 unspecified atom stereocenters. The summed E-state index contributed by atoms with van der Waals surface area (Å²) >= 11 is 0. The van der Waals surface area contributed by atoms with E-state index in [4.69, 9.17) is 0 Å². The molecule has 1 aromatic heterocycles. The number of piperidine rings is 1. The fourth-order valence-corrected chi connectivity index (χ4v) is 2.99. The predicted molar refractivity (Wildman–Crippen MR) is 78.3 cm³/mol. The van der Waals surface area contributed by atoms with Crippen molar-refractivity contribution in [3.63, 3.8) is 0 Å². The summed E-state index contributed by atoms with van der Waals surface area (Å²) in [5.74, 6) is 0.517. The zero-order chi connectivity index (χ0) is 15.6. The van der Waals surface area contributed by atoms with E-state index in [9.17, 15) is 13.2 Å². The molecule has 1 saturated heterocycles. The number of alkyl halides is 3. The molecule has 0 radical (unpaired) electrons. The van der Waals surface area contributed by atoms with Crippen LogP contribution in [0, 0.1) is 5.92 Å². The quantitative estimate of drug-likeness (QED) is 0.909. The van der Waals surface area contributed by atoms with E-state index in [2.05, 4.69) is 15.5 Å². The summed E-state index contributed by atoms with van der Waals surface area (Å²) in [6.45, 7) is 1.96. The van der Waals surface area contributed by atoms with Crippen LogP contribution in [0.2, 0.25) is 0 Å². The van der Waals surface area contributed by atoms with Gasteiger partial charge in [0.15, 0.2) is 0 Å². The van der Waals surface area contributed by atoms with E-state index in [-0.39, 0.29) is 0 Å². The first-order valence-corrected chi connectivity index (χ1v) is 7.44. The molecule has 2 heterocycles. The Balaban J connectivity index is 1.94.